The molecular weight excluding hydrogens is 378 g/mol. The number of nitrogens with zero attached hydrogens (tertiary/aromatic N) is 1. The molecule has 0 saturated carbocycles. The lowest BCUT2D eigenvalue weighted by Gasteiger charge is -2.17. The van der Waals surface area contributed by atoms with Gasteiger partial charge >= 0.3 is 0 Å². The van der Waals surface area contributed by atoms with Gasteiger partial charge in [-0.3, -0.25) is 0 Å². The van der Waals surface area contributed by atoms with Gasteiger partial charge in [0.25, 0.3) is 5.01 Å². The summed E-state index contributed by atoms with van der Waals surface area (Å²) in [4.78, 5) is 0. The number of hydrogen-bond acceptors (Lipinski definition) is 6. The minimum atomic E-state index is -4.94. The van der Waals surface area contributed by atoms with E-state index in [2.05, 4.69) is 60.0 Å². The summed E-state index contributed by atoms with van der Waals surface area (Å²) in [7, 11) is -3.26. The second kappa shape index (κ2) is 9.09. The first kappa shape index (κ1) is 20.3. The van der Waals surface area contributed by atoms with E-state index in [1.807, 2.05) is 23.5 Å². The molecule has 26 heavy (non-hydrogen) atoms. The summed E-state index contributed by atoms with van der Waals surface area (Å²) >= 11 is 1.83. The normalized spacial score (nSPS) is 11.5. The lowest BCUT2D eigenvalue weighted by Crippen LogP contribution is -2.68. The Morgan fingerprint density at radius 1 is 1.00 bits per heavy atom. The van der Waals surface area contributed by atoms with Crippen LogP contribution in [0.1, 0.15) is 17.5 Å². The number of benzene rings is 2. The minimum Gasteiger partial charge on any atom is -0.497 e. The van der Waals surface area contributed by atoms with Gasteiger partial charge < -0.3 is 4.74 Å². The van der Waals surface area contributed by atoms with E-state index in [-0.39, 0.29) is 0 Å². The van der Waals surface area contributed by atoms with Gasteiger partial charge in [0.05, 0.1) is 7.11 Å². The Balaban J connectivity index is 0.000000431. The summed E-state index contributed by atoms with van der Waals surface area (Å²) in [6.07, 6.45) is 4.34. The van der Waals surface area contributed by atoms with E-state index in [9.17, 15) is 0 Å². The number of halogens is 1. The first-order valence-corrected chi connectivity index (χ1v) is 9.72. The highest BCUT2D eigenvalue weighted by molar-refractivity contribution is 7.18. The van der Waals surface area contributed by atoms with Crippen LogP contribution in [0.5, 0.6) is 5.75 Å². The predicted octanol–water partition coefficient (Wildman–Crippen LogP) is -0.368. The van der Waals surface area contributed by atoms with E-state index >= 15 is 0 Å². The fourth-order valence-corrected chi connectivity index (χ4v) is 3.51. The fourth-order valence-electron chi connectivity index (χ4n) is 2.39. The summed E-state index contributed by atoms with van der Waals surface area (Å²) in [5.41, 5.74) is 2.48. The maximum atomic E-state index is 8.49. The number of rotatable bonds is 4. The molecule has 0 spiro atoms. The Kier molecular flexibility index (Phi) is 7.10. The number of fused-ring (bicyclic) bond motifs is 1. The molecular formula is C18H18ClNO5S. The van der Waals surface area contributed by atoms with E-state index in [0.717, 1.165) is 12.3 Å². The summed E-state index contributed by atoms with van der Waals surface area (Å²) in [6, 6.07) is 16.7. The van der Waals surface area contributed by atoms with Crippen molar-refractivity contribution in [3.8, 4) is 5.75 Å². The molecule has 0 unspecified atom stereocenters. The molecule has 0 N–H and O–H groups in total. The Morgan fingerprint density at radius 3 is 2.19 bits per heavy atom. The van der Waals surface area contributed by atoms with Crippen molar-refractivity contribution < 1.29 is 38.2 Å². The topological polar surface area (TPSA) is 105 Å². The number of para-hydroxylation sites is 1. The monoisotopic (exact) mass is 395 g/mol. The summed E-state index contributed by atoms with van der Waals surface area (Å²) < 4.78 is 42.8. The zero-order valence-corrected chi connectivity index (χ0v) is 15.8. The molecule has 0 amide bonds. The second-order valence-corrected chi connectivity index (χ2v) is 6.95. The number of aryl methyl sites for hydroxylation is 1. The van der Waals surface area contributed by atoms with Crippen LogP contribution >= 0.6 is 11.3 Å². The van der Waals surface area contributed by atoms with Gasteiger partial charge in [0.1, 0.15) is 17.0 Å². The first-order chi connectivity index (χ1) is 12.3. The minimum absolute atomic E-state index is 0.887. The zero-order chi connectivity index (χ0) is 19.2. The highest BCUT2D eigenvalue weighted by Crippen LogP contribution is 2.22. The summed E-state index contributed by atoms with van der Waals surface area (Å²) in [5, 5.41) is 1.27. The summed E-state index contributed by atoms with van der Waals surface area (Å²) in [6.45, 7) is 3.16. The maximum absolute atomic E-state index is 8.49. The quantitative estimate of drug-likeness (QED) is 0.560. The van der Waals surface area contributed by atoms with E-state index in [1.165, 1.54) is 20.8 Å². The molecule has 8 heteroatoms. The Hall–Kier alpha value is -2.00. The van der Waals surface area contributed by atoms with Gasteiger partial charge in [-0.1, -0.05) is 35.6 Å². The molecule has 0 fully saturated rings. The number of aromatic nitrogens is 1. The molecule has 6 nitrogen and oxygen atoms in total. The SMILES string of the molecule is CC[n+]1c(C=Cc2ccc(OC)cc2)sc2ccccc21.[O-][Cl+3]([O-])([O-])[O-]. The van der Waals surface area contributed by atoms with Gasteiger partial charge in [-0.2, -0.15) is 4.57 Å². The largest absolute Gasteiger partial charge is 0.497 e. The van der Waals surface area contributed by atoms with Gasteiger partial charge in [-0.05, 0) is 36.8 Å². The van der Waals surface area contributed by atoms with Crippen LogP contribution in [0.15, 0.2) is 48.5 Å². The molecule has 0 radical (unpaired) electrons. The molecule has 0 aliphatic heterocycles. The average Bonchev–Trinajstić information content (AvgIpc) is 2.96. The Labute approximate surface area is 157 Å². The number of hydrogen-bond donors (Lipinski definition) is 0. The number of methoxy groups -OCH3 is 1. The van der Waals surface area contributed by atoms with E-state index in [0.29, 0.717) is 0 Å². The third kappa shape index (κ3) is 6.06. The van der Waals surface area contributed by atoms with Gasteiger partial charge in [-0.15, -0.1) is 10.2 Å². The lowest BCUT2D eigenvalue weighted by molar-refractivity contribution is -2.00. The standard InChI is InChI=1S/C18H18NOS.ClHO4/c1-3-19-16-6-4-5-7-17(16)21-18(19)13-10-14-8-11-15(20-2)12-9-14;2-1(3,4)5/h4-13H,3H2,1-2H3;(H,2,3,4,5)/q+1;/p-1. The molecule has 0 aliphatic rings. The molecule has 2 aromatic carbocycles. The number of thiazole rings is 1. The van der Waals surface area contributed by atoms with E-state index < -0.39 is 10.2 Å². The van der Waals surface area contributed by atoms with Crippen LogP contribution in [0.2, 0.25) is 0 Å². The zero-order valence-electron chi connectivity index (χ0n) is 14.3. The molecule has 0 bridgehead atoms. The van der Waals surface area contributed by atoms with Crippen LogP contribution in [0.25, 0.3) is 22.4 Å². The molecule has 138 valence electrons. The van der Waals surface area contributed by atoms with Crippen molar-refractivity contribution in [1.29, 1.82) is 0 Å². The maximum Gasteiger partial charge on any atom is 0.262 e. The molecule has 0 saturated heterocycles. The molecule has 3 rings (SSSR count). The van der Waals surface area contributed by atoms with Crippen LogP contribution in [-0.2, 0) is 6.54 Å². The lowest BCUT2D eigenvalue weighted by atomic mass is 10.2. The van der Waals surface area contributed by atoms with Crippen LogP contribution < -0.4 is 27.9 Å². The third-order valence-electron chi connectivity index (χ3n) is 3.49. The molecule has 1 aromatic heterocycles. The van der Waals surface area contributed by atoms with Crippen molar-refractivity contribution in [3.63, 3.8) is 0 Å². The fraction of sp³-hybridized carbons (Fsp3) is 0.167. The van der Waals surface area contributed by atoms with Crippen molar-refractivity contribution in [3.05, 3.63) is 59.1 Å². The highest BCUT2D eigenvalue weighted by atomic mass is 35.7. The summed E-state index contributed by atoms with van der Waals surface area (Å²) in [5.74, 6) is 0.887. The van der Waals surface area contributed by atoms with Gasteiger partial charge in [0.15, 0.2) is 0 Å². The molecule has 1 heterocycles. The Bertz CT molecular complexity index is 865. The van der Waals surface area contributed by atoms with Crippen molar-refractivity contribution in [1.82, 2.24) is 0 Å². The third-order valence-corrected chi connectivity index (χ3v) is 4.62. The average molecular weight is 396 g/mol. The van der Waals surface area contributed by atoms with Crippen molar-refractivity contribution in [2.75, 3.05) is 7.11 Å². The molecule has 0 aliphatic carbocycles. The highest BCUT2D eigenvalue weighted by Gasteiger charge is 2.15. The Morgan fingerprint density at radius 2 is 1.62 bits per heavy atom. The van der Waals surface area contributed by atoms with Crippen molar-refractivity contribution in [2.24, 2.45) is 0 Å². The smallest absolute Gasteiger partial charge is 0.262 e. The molecule has 3 aromatic rings. The first-order valence-electron chi connectivity index (χ1n) is 7.67. The van der Waals surface area contributed by atoms with Crippen LogP contribution in [-0.4, -0.2) is 7.11 Å². The molecule has 0 atom stereocenters. The van der Waals surface area contributed by atoms with E-state index in [4.69, 9.17) is 23.4 Å². The van der Waals surface area contributed by atoms with Crippen molar-refractivity contribution in [2.45, 2.75) is 13.5 Å². The van der Waals surface area contributed by atoms with Crippen molar-refractivity contribution >= 4 is 33.7 Å². The van der Waals surface area contributed by atoms with E-state index in [1.54, 1.807) is 7.11 Å². The van der Waals surface area contributed by atoms with Gasteiger partial charge in [0.2, 0.25) is 5.52 Å². The number of ether oxygens (including phenoxy) is 1. The van der Waals surface area contributed by atoms with Crippen LogP contribution in [0.3, 0.4) is 0 Å². The predicted molar refractivity (Wildman–Crippen MR) is 89.6 cm³/mol. The van der Waals surface area contributed by atoms with Crippen LogP contribution in [0.4, 0.5) is 0 Å². The van der Waals surface area contributed by atoms with Gasteiger partial charge in [0, 0.05) is 12.1 Å². The van der Waals surface area contributed by atoms with Crippen LogP contribution in [0, 0.1) is 10.2 Å². The second-order valence-electron chi connectivity index (χ2n) is 5.14. The van der Waals surface area contributed by atoms with Gasteiger partial charge in [-0.25, -0.2) is 18.6 Å².